The molecule has 0 aliphatic heterocycles. The second-order valence-electron chi connectivity index (χ2n) is 4.93. The number of anilines is 2. The minimum atomic E-state index is -0.240. The van der Waals surface area contributed by atoms with Crippen LogP contribution in [0.25, 0.3) is 0 Å². The number of nitrogen functional groups attached to an aromatic ring is 1. The predicted octanol–water partition coefficient (Wildman–Crippen LogP) is 3.87. The number of hydrogen-bond acceptors (Lipinski definition) is 5. The number of nitrogens with two attached hydrogens (primary N) is 1. The smallest absolute Gasteiger partial charge is 0.255 e. The van der Waals surface area contributed by atoms with E-state index in [1.165, 1.54) is 18.7 Å². The summed E-state index contributed by atoms with van der Waals surface area (Å²) in [6.45, 7) is 0. The number of nitrogens with zero attached hydrogens (tertiary/aromatic N) is 2. The van der Waals surface area contributed by atoms with Crippen molar-refractivity contribution in [1.82, 2.24) is 9.97 Å². The van der Waals surface area contributed by atoms with E-state index >= 15 is 0 Å². The molecule has 0 fully saturated rings. The summed E-state index contributed by atoms with van der Waals surface area (Å²) in [6, 6.07) is 12.1. The zero-order valence-electron chi connectivity index (χ0n) is 12.4. The largest absolute Gasteiger partial charge is 0.454 e. The molecule has 1 amide bonds. The molecule has 0 bridgehead atoms. The van der Waals surface area contributed by atoms with Gasteiger partial charge in [-0.1, -0.05) is 22.0 Å². The Hall–Kier alpha value is -2.93. The summed E-state index contributed by atoms with van der Waals surface area (Å²) < 4.78 is 6.47. The molecular weight excluding hydrogens is 372 g/mol. The summed E-state index contributed by atoms with van der Waals surface area (Å²) in [4.78, 5) is 20.1. The van der Waals surface area contributed by atoms with Crippen molar-refractivity contribution in [1.29, 1.82) is 0 Å². The molecule has 0 aliphatic carbocycles. The van der Waals surface area contributed by atoms with Crippen LogP contribution >= 0.6 is 15.9 Å². The molecule has 0 aliphatic rings. The number of carbonyl (C=O) groups is 1. The molecule has 6 nitrogen and oxygen atoms in total. The molecule has 120 valence electrons. The molecular formula is C17H13BrN4O2. The van der Waals surface area contributed by atoms with Crippen molar-refractivity contribution in [3.63, 3.8) is 0 Å². The molecule has 3 rings (SSSR count). The van der Waals surface area contributed by atoms with Crippen LogP contribution < -0.4 is 15.8 Å². The monoisotopic (exact) mass is 384 g/mol. The average Bonchev–Trinajstić information content (AvgIpc) is 2.55. The van der Waals surface area contributed by atoms with Crippen molar-refractivity contribution in [3.8, 4) is 11.5 Å². The molecule has 0 unspecified atom stereocenters. The van der Waals surface area contributed by atoms with E-state index in [9.17, 15) is 4.79 Å². The van der Waals surface area contributed by atoms with Gasteiger partial charge in [-0.15, -0.1) is 0 Å². The molecule has 7 heteroatoms. The van der Waals surface area contributed by atoms with Gasteiger partial charge in [-0.3, -0.25) is 4.79 Å². The zero-order valence-corrected chi connectivity index (χ0v) is 14.0. The first-order valence-corrected chi connectivity index (χ1v) is 7.80. The van der Waals surface area contributed by atoms with E-state index in [4.69, 9.17) is 10.5 Å². The third kappa shape index (κ3) is 4.08. The highest BCUT2D eigenvalue weighted by Crippen LogP contribution is 2.27. The molecule has 24 heavy (non-hydrogen) atoms. The minimum Gasteiger partial charge on any atom is -0.454 e. The highest BCUT2D eigenvalue weighted by atomic mass is 79.9. The third-order valence-corrected chi connectivity index (χ3v) is 3.54. The lowest BCUT2D eigenvalue weighted by Gasteiger charge is -2.10. The maximum atomic E-state index is 12.3. The van der Waals surface area contributed by atoms with Crippen molar-refractivity contribution >= 4 is 33.2 Å². The van der Waals surface area contributed by atoms with Gasteiger partial charge in [0.05, 0.1) is 12.4 Å². The third-order valence-electron chi connectivity index (χ3n) is 3.05. The van der Waals surface area contributed by atoms with Gasteiger partial charge in [0.1, 0.15) is 12.1 Å². The maximum Gasteiger partial charge on any atom is 0.255 e. The van der Waals surface area contributed by atoms with Crippen LogP contribution in [-0.4, -0.2) is 15.9 Å². The highest BCUT2D eigenvalue weighted by molar-refractivity contribution is 9.10. The van der Waals surface area contributed by atoms with Crippen molar-refractivity contribution in [2.75, 3.05) is 11.1 Å². The molecule has 0 spiro atoms. The van der Waals surface area contributed by atoms with E-state index in [0.29, 0.717) is 28.4 Å². The Balaban J connectivity index is 1.80. The van der Waals surface area contributed by atoms with E-state index in [-0.39, 0.29) is 5.91 Å². The Morgan fingerprint density at radius 1 is 1.08 bits per heavy atom. The second-order valence-corrected chi connectivity index (χ2v) is 5.85. The number of carbonyl (C=O) groups excluding carboxylic acids is 1. The lowest BCUT2D eigenvalue weighted by molar-refractivity contribution is 0.102. The second kappa shape index (κ2) is 7.10. The van der Waals surface area contributed by atoms with Crippen molar-refractivity contribution in [2.24, 2.45) is 0 Å². The molecule has 1 aromatic heterocycles. The first-order valence-electron chi connectivity index (χ1n) is 7.00. The number of nitrogens with one attached hydrogen (secondary N) is 1. The van der Waals surface area contributed by atoms with Gasteiger partial charge in [0.25, 0.3) is 5.91 Å². The lowest BCUT2D eigenvalue weighted by atomic mass is 10.2. The Kier molecular flexibility index (Phi) is 4.72. The molecule has 0 saturated heterocycles. The van der Waals surface area contributed by atoms with Gasteiger partial charge in [-0.05, 0) is 24.3 Å². The van der Waals surface area contributed by atoms with Crippen LogP contribution in [0, 0.1) is 0 Å². The van der Waals surface area contributed by atoms with Crippen LogP contribution in [0.15, 0.2) is 65.7 Å². The zero-order chi connectivity index (χ0) is 16.9. The fourth-order valence-corrected chi connectivity index (χ4v) is 2.46. The first kappa shape index (κ1) is 15.9. The quantitative estimate of drug-likeness (QED) is 0.666. The molecule has 3 aromatic rings. The van der Waals surface area contributed by atoms with Gasteiger partial charge in [-0.25, -0.2) is 9.97 Å². The number of halogens is 1. The van der Waals surface area contributed by atoms with Crippen LogP contribution in [0.3, 0.4) is 0 Å². The normalized spacial score (nSPS) is 10.2. The van der Waals surface area contributed by atoms with Crippen LogP contribution in [-0.2, 0) is 0 Å². The molecule has 1 heterocycles. The summed E-state index contributed by atoms with van der Waals surface area (Å²) >= 11 is 3.34. The number of amides is 1. The summed E-state index contributed by atoms with van der Waals surface area (Å²) in [5, 5.41) is 2.80. The summed E-state index contributed by atoms with van der Waals surface area (Å²) in [5.74, 6) is 0.720. The number of hydrogen-bond donors (Lipinski definition) is 2. The van der Waals surface area contributed by atoms with Crippen molar-refractivity contribution in [2.45, 2.75) is 0 Å². The van der Waals surface area contributed by atoms with Gasteiger partial charge in [0.2, 0.25) is 0 Å². The van der Waals surface area contributed by atoms with Crippen molar-refractivity contribution < 1.29 is 9.53 Å². The summed E-state index contributed by atoms with van der Waals surface area (Å²) in [6.07, 6.45) is 4.49. The molecule has 0 atom stereocenters. The van der Waals surface area contributed by atoms with Crippen LogP contribution in [0.5, 0.6) is 11.5 Å². The molecule has 2 aromatic carbocycles. The van der Waals surface area contributed by atoms with Crippen LogP contribution in [0.2, 0.25) is 0 Å². The number of ether oxygens (including phenoxy) is 1. The highest BCUT2D eigenvalue weighted by Gasteiger charge is 2.09. The Morgan fingerprint density at radius 3 is 2.62 bits per heavy atom. The fourth-order valence-electron chi connectivity index (χ4n) is 2.06. The van der Waals surface area contributed by atoms with Crippen LogP contribution in [0.1, 0.15) is 10.4 Å². The van der Waals surface area contributed by atoms with Gasteiger partial charge >= 0.3 is 0 Å². The number of benzene rings is 2. The van der Waals surface area contributed by atoms with E-state index in [0.717, 1.165) is 4.47 Å². The average molecular weight is 385 g/mol. The Morgan fingerprint density at radius 2 is 1.88 bits per heavy atom. The minimum absolute atomic E-state index is 0.240. The number of rotatable bonds is 4. The lowest BCUT2D eigenvalue weighted by Crippen LogP contribution is -2.12. The molecule has 0 radical (unpaired) electrons. The van der Waals surface area contributed by atoms with Gasteiger partial charge in [-0.2, -0.15) is 0 Å². The first-order chi connectivity index (χ1) is 11.6. The van der Waals surface area contributed by atoms with Crippen LogP contribution in [0.4, 0.5) is 11.4 Å². The van der Waals surface area contributed by atoms with E-state index in [1.807, 2.05) is 6.07 Å². The Labute approximate surface area is 146 Å². The number of aromatic nitrogens is 2. The van der Waals surface area contributed by atoms with E-state index in [1.54, 1.807) is 36.4 Å². The van der Waals surface area contributed by atoms with E-state index in [2.05, 4.69) is 31.2 Å². The van der Waals surface area contributed by atoms with Gasteiger partial charge < -0.3 is 15.8 Å². The van der Waals surface area contributed by atoms with Crippen molar-refractivity contribution in [3.05, 3.63) is 71.2 Å². The Bertz CT molecular complexity index is 871. The molecule has 0 saturated carbocycles. The summed E-state index contributed by atoms with van der Waals surface area (Å²) in [5.41, 5.74) is 7.42. The van der Waals surface area contributed by atoms with Gasteiger partial charge in [0, 0.05) is 33.5 Å². The fraction of sp³-hybridized carbons (Fsp3) is 0. The van der Waals surface area contributed by atoms with Gasteiger partial charge in [0.15, 0.2) is 5.75 Å². The topological polar surface area (TPSA) is 90.1 Å². The summed E-state index contributed by atoms with van der Waals surface area (Å²) in [7, 11) is 0. The maximum absolute atomic E-state index is 12.3. The predicted molar refractivity (Wildman–Crippen MR) is 95.1 cm³/mol. The van der Waals surface area contributed by atoms with E-state index < -0.39 is 0 Å². The standard InChI is InChI=1S/C17H13BrN4O2/c18-12-3-1-2-11(4-12)17(23)22-14-5-13(19)6-15(7-14)24-16-8-20-10-21-9-16/h1-10H,19H2,(H,22,23). The molecule has 3 N–H and O–H groups in total. The SMILES string of the molecule is Nc1cc(NC(=O)c2cccc(Br)c2)cc(Oc2cncnc2)c1.